The van der Waals surface area contributed by atoms with Gasteiger partial charge in [0.05, 0.1) is 30.2 Å². The lowest BCUT2D eigenvalue weighted by molar-refractivity contribution is 0.732. The summed E-state index contributed by atoms with van der Waals surface area (Å²) in [5, 5.41) is 4.02. The smallest absolute Gasteiger partial charge is 0.0712 e. The van der Waals surface area contributed by atoms with Crippen LogP contribution in [0.3, 0.4) is 0 Å². The number of hydrogen-bond donors (Lipinski definition) is 1. The first-order chi connectivity index (χ1) is 6.45. The maximum absolute atomic E-state index is 4.07. The van der Waals surface area contributed by atoms with Crippen LogP contribution in [0.1, 0.15) is 11.3 Å². The molecule has 4 nitrogen and oxygen atoms in total. The molecular formula is C9H8N4. The Morgan fingerprint density at radius 3 is 3.46 bits per heavy atom. The molecule has 13 heavy (non-hydrogen) atoms. The average molecular weight is 172 g/mol. The highest BCUT2D eigenvalue weighted by Crippen LogP contribution is 2.15. The van der Waals surface area contributed by atoms with Crippen LogP contribution in [0.5, 0.6) is 0 Å². The van der Waals surface area contributed by atoms with Crippen molar-refractivity contribution in [3.8, 4) is 0 Å². The number of nitrogens with zero attached hydrogens (tertiary/aromatic N) is 3. The minimum atomic E-state index is 0.799. The molecule has 0 radical (unpaired) electrons. The van der Waals surface area contributed by atoms with Crippen LogP contribution in [-0.2, 0) is 6.54 Å². The van der Waals surface area contributed by atoms with Crippen LogP contribution in [0, 0.1) is 0 Å². The molecule has 1 aliphatic heterocycles. The molecule has 0 atom stereocenters. The van der Waals surface area contributed by atoms with E-state index in [0.717, 1.165) is 17.8 Å². The van der Waals surface area contributed by atoms with Gasteiger partial charge in [0, 0.05) is 18.0 Å². The Morgan fingerprint density at radius 1 is 1.46 bits per heavy atom. The van der Waals surface area contributed by atoms with E-state index in [0.29, 0.717) is 0 Å². The highest BCUT2D eigenvalue weighted by atomic mass is 15.3. The Bertz CT molecular complexity index is 483. The summed E-state index contributed by atoms with van der Waals surface area (Å²) in [6.45, 7) is 0.799. The van der Waals surface area contributed by atoms with E-state index in [2.05, 4.69) is 26.0 Å². The van der Waals surface area contributed by atoms with Crippen molar-refractivity contribution in [1.29, 1.82) is 0 Å². The zero-order chi connectivity index (χ0) is 8.67. The lowest BCUT2D eigenvalue weighted by Gasteiger charge is -2.06. The van der Waals surface area contributed by atoms with Crippen molar-refractivity contribution < 1.29 is 0 Å². The Balaban J connectivity index is 2.42. The van der Waals surface area contributed by atoms with Gasteiger partial charge in [-0.1, -0.05) is 0 Å². The number of rotatable bonds is 0. The van der Waals surface area contributed by atoms with Crippen molar-refractivity contribution in [2.75, 3.05) is 0 Å². The van der Waals surface area contributed by atoms with Gasteiger partial charge in [-0.25, -0.2) is 0 Å². The van der Waals surface area contributed by atoms with Crippen molar-refractivity contribution in [2.24, 2.45) is 5.10 Å². The van der Waals surface area contributed by atoms with Crippen molar-refractivity contribution in [3.63, 3.8) is 0 Å². The molecule has 2 aromatic rings. The molecule has 0 spiro atoms. The predicted octanol–water partition coefficient (Wildman–Crippen LogP) is 0.771. The minimum Gasteiger partial charge on any atom is -0.312 e. The molecule has 0 bridgehead atoms. The molecule has 2 aromatic heterocycles. The SMILES string of the molecule is C1=NNCc2cc3cnccn3c21. The van der Waals surface area contributed by atoms with Gasteiger partial charge in [-0.15, -0.1) is 0 Å². The first kappa shape index (κ1) is 6.65. The molecule has 0 aliphatic carbocycles. The first-order valence-electron chi connectivity index (χ1n) is 4.15. The Hall–Kier alpha value is -1.84. The maximum Gasteiger partial charge on any atom is 0.0712 e. The molecule has 4 heteroatoms. The van der Waals surface area contributed by atoms with Crippen molar-refractivity contribution in [2.45, 2.75) is 6.54 Å². The maximum atomic E-state index is 4.07. The summed E-state index contributed by atoms with van der Waals surface area (Å²) < 4.78 is 2.09. The standard InChI is InChI=1S/C9H8N4/c1-2-13-8(5-10-1)3-7-4-11-12-6-9(7)13/h1-3,5-6,11H,4H2. The summed E-state index contributed by atoms with van der Waals surface area (Å²) in [7, 11) is 0. The van der Waals surface area contributed by atoms with Crippen LogP contribution in [0.2, 0.25) is 0 Å². The molecule has 1 N–H and O–H groups in total. The van der Waals surface area contributed by atoms with E-state index in [1.54, 1.807) is 6.20 Å². The van der Waals surface area contributed by atoms with Gasteiger partial charge < -0.3 is 9.83 Å². The zero-order valence-corrected chi connectivity index (χ0v) is 6.94. The molecule has 3 heterocycles. The molecule has 3 rings (SSSR count). The summed E-state index contributed by atoms with van der Waals surface area (Å²) in [6.07, 6.45) is 7.42. The summed E-state index contributed by atoms with van der Waals surface area (Å²) in [6, 6.07) is 2.13. The van der Waals surface area contributed by atoms with Gasteiger partial charge in [-0.2, -0.15) is 5.10 Å². The second-order valence-electron chi connectivity index (χ2n) is 3.02. The van der Waals surface area contributed by atoms with Crippen LogP contribution in [0.15, 0.2) is 29.8 Å². The third-order valence-corrected chi connectivity index (χ3v) is 2.25. The fourth-order valence-corrected chi connectivity index (χ4v) is 1.63. The number of hydrazone groups is 1. The lowest BCUT2D eigenvalue weighted by atomic mass is 10.2. The second kappa shape index (κ2) is 2.32. The molecular weight excluding hydrogens is 164 g/mol. The Morgan fingerprint density at radius 2 is 2.46 bits per heavy atom. The van der Waals surface area contributed by atoms with Crippen LogP contribution < -0.4 is 5.43 Å². The first-order valence-corrected chi connectivity index (χ1v) is 4.15. The molecule has 1 aliphatic rings. The van der Waals surface area contributed by atoms with Crippen LogP contribution in [0.25, 0.3) is 5.52 Å². The number of aromatic nitrogens is 2. The zero-order valence-electron chi connectivity index (χ0n) is 6.94. The van der Waals surface area contributed by atoms with Gasteiger partial charge in [0.15, 0.2) is 0 Å². The normalized spacial score (nSPS) is 14.2. The molecule has 0 unspecified atom stereocenters. The van der Waals surface area contributed by atoms with E-state index in [4.69, 9.17) is 0 Å². The van der Waals surface area contributed by atoms with Crippen molar-refractivity contribution in [3.05, 3.63) is 35.9 Å². The second-order valence-corrected chi connectivity index (χ2v) is 3.02. The molecule has 0 saturated heterocycles. The third-order valence-electron chi connectivity index (χ3n) is 2.25. The largest absolute Gasteiger partial charge is 0.312 e. The van der Waals surface area contributed by atoms with Gasteiger partial charge in [-0.3, -0.25) is 4.98 Å². The fraction of sp³-hybridized carbons (Fsp3) is 0.111. The third kappa shape index (κ3) is 0.853. The summed E-state index contributed by atoms with van der Waals surface area (Å²) >= 11 is 0. The Labute approximate surface area is 74.9 Å². The molecule has 64 valence electrons. The predicted molar refractivity (Wildman–Crippen MR) is 49.6 cm³/mol. The van der Waals surface area contributed by atoms with Crippen LogP contribution in [-0.4, -0.2) is 15.6 Å². The summed E-state index contributed by atoms with van der Waals surface area (Å²) in [5.74, 6) is 0. The highest BCUT2D eigenvalue weighted by Gasteiger charge is 2.10. The van der Waals surface area contributed by atoms with E-state index in [9.17, 15) is 0 Å². The quantitative estimate of drug-likeness (QED) is 0.637. The summed E-state index contributed by atoms with van der Waals surface area (Å²) in [4.78, 5) is 4.07. The van der Waals surface area contributed by atoms with E-state index in [1.165, 1.54) is 5.56 Å². The number of nitrogens with one attached hydrogen (secondary N) is 1. The molecule has 0 fully saturated rings. The van der Waals surface area contributed by atoms with Gasteiger partial charge in [0.2, 0.25) is 0 Å². The van der Waals surface area contributed by atoms with E-state index in [-0.39, 0.29) is 0 Å². The Kier molecular flexibility index (Phi) is 1.19. The molecule has 0 aromatic carbocycles. The monoisotopic (exact) mass is 172 g/mol. The fourth-order valence-electron chi connectivity index (χ4n) is 1.63. The van der Waals surface area contributed by atoms with E-state index < -0.39 is 0 Å². The molecule has 0 amide bonds. The number of hydrogen-bond acceptors (Lipinski definition) is 3. The highest BCUT2D eigenvalue weighted by molar-refractivity contribution is 5.83. The van der Waals surface area contributed by atoms with E-state index in [1.807, 2.05) is 18.6 Å². The minimum absolute atomic E-state index is 0.799. The topological polar surface area (TPSA) is 41.7 Å². The van der Waals surface area contributed by atoms with Gasteiger partial charge >= 0.3 is 0 Å². The van der Waals surface area contributed by atoms with Gasteiger partial charge in [-0.05, 0) is 6.07 Å². The van der Waals surface area contributed by atoms with Crippen LogP contribution >= 0.6 is 0 Å². The van der Waals surface area contributed by atoms with Crippen molar-refractivity contribution in [1.82, 2.24) is 14.8 Å². The number of fused-ring (bicyclic) bond motifs is 3. The average Bonchev–Trinajstić information content (AvgIpc) is 2.56. The molecule has 0 saturated carbocycles. The van der Waals surface area contributed by atoms with E-state index >= 15 is 0 Å². The van der Waals surface area contributed by atoms with Gasteiger partial charge in [0.1, 0.15) is 0 Å². The summed E-state index contributed by atoms with van der Waals surface area (Å²) in [5.41, 5.74) is 6.47. The van der Waals surface area contributed by atoms with Crippen LogP contribution in [0.4, 0.5) is 0 Å². The lowest BCUT2D eigenvalue weighted by Crippen LogP contribution is -2.12. The van der Waals surface area contributed by atoms with Gasteiger partial charge in [0.25, 0.3) is 0 Å². The van der Waals surface area contributed by atoms with Crippen molar-refractivity contribution >= 4 is 11.7 Å².